The molecule has 0 aliphatic heterocycles. The van der Waals surface area contributed by atoms with Crippen LogP contribution in [0.5, 0.6) is 5.75 Å². The van der Waals surface area contributed by atoms with Gasteiger partial charge in [-0.15, -0.1) is 0 Å². The van der Waals surface area contributed by atoms with Crippen LogP contribution in [0.3, 0.4) is 0 Å². The zero-order chi connectivity index (χ0) is 10.1. The third-order valence-corrected chi connectivity index (χ3v) is 5.57. The van der Waals surface area contributed by atoms with E-state index in [1.165, 1.54) is 0 Å². The first-order valence-corrected chi connectivity index (χ1v) is 7.24. The maximum absolute atomic E-state index is 10.6. The number of hydrogen-bond acceptors (Lipinski definition) is 2. The summed E-state index contributed by atoms with van der Waals surface area (Å²) in [5.41, 5.74) is 0. The van der Waals surface area contributed by atoms with E-state index >= 15 is 0 Å². The molecule has 1 aromatic rings. The van der Waals surface area contributed by atoms with Gasteiger partial charge in [-0.2, -0.15) is 0 Å². The number of benzene rings is 1. The van der Waals surface area contributed by atoms with E-state index in [1.807, 2.05) is 6.07 Å². The van der Waals surface area contributed by atoms with Gasteiger partial charge >= 0.3 is 112 Å². The summed E-state index contributed by atoms with van der Waals surface area (Å²) in [6.07, 6.45) is 0. The fourth-order valence-corrected chi connectivity index (χ4v) is 2.45. The van der Waals surface area contributed by atoms with Gasteiger partial charge in [0, 0.05) is 0 Å². The van der Waals surface area contributed by atoms with Crippen molar-refractivity contribution >= 4 is 69.3 Å². The van der Waals surface area contributed by atoms with Gasteiger partial charge in [0.25, 0.3) is 0 Å². The normalized spacial score (nSPS) is 11.5. The first-order chi connectivity index (χ1) is 5.90. The predicted molar refractivity (Wildman–Crippen MR) is 49.9 cm³/mol. The van der Waals surface area contributed by atoms with E-state index in [4.69, 9.17) is 9.79 Å². The molecule has 0 bridgehead atoms. The van der Waals surface area contributed by atoms with Crippen molar-refractivity contribution in [3.63, 3.8) is 0 Å². The molecule has 0 unspecified atom stereocenters. The van der Waals surface area contributed by atoms with Gasteiger partial charge in [0.05, 0.1) is 0 Å². The zero-order valence-corrected chi connectivity index (χ0v) is 12.3. The van der Waals surface area contributed by atoms with Crippen molar-refractivity contribution in [3.05, 3.63) is 18.2 Å². The topological polar surface area (TPSA) is 66.8 Å². The van der Waals surface area contributed by atoms with Crippen molar-refractivity contribution in [2.45, 2.75) is 0 Å². The molecule has 1 rings (SSSR count). The maximum atomic E-state index is 10.6. The van der Waals surface area contributed by atoms with Crippen LogP contribution in [0.2, 0.25) is 0 Å². The minimum atomic E-state index is -4.40. The summed E-state index contributed by atoms with van der Waals surface area (Å²) < 4.78 is 17.2. The molecule has 13 heavy (non-hydrogen) atoms. The number of hydrogen-bond donors (Lipinski definition) is 2. The van der Waals surface area contributed by atoms with Crippen molar-refractivity contribution in [2.75, 3.05) is 0 Å². The Hall–Kier alpha value is 1.17. The molecule has 60 valence electrons. The molecule has 0 aliphatic carbocycles. The van der Waals surface area contributed by atoms with Gasteiger partial charge in [-0.1, -0.05) is 0 Å². The van der Waals surface area contributed by atoms with E-state index in [1.54, 1.807) is 12.1 Å². The fraction of sp³-hybridized carbons (Fsp3) is 0. The molecule has 7 heteroatoms. The molecule has 0 aromatic heterocycles. The summed E-state index contributed by atoms with van der Waals surface area (Å²) in [7, 11) is -4.40. The summed E-state index contributed by atoms with van der Waals surface area (Å²) >= 11 is 1.61. The molecule has 0 fully saturated rings. The van der Waals surface area contributed by atoms with Crippen LogP contribution in [0.4, 0.5) is 0 Å². The van der Waals surface area contributed by atoms with Crippen LogP contribution in [0, 0.1) is 0 Å². The summed E-state index contributed by atoms with van der Waals surface area (Å²) in [5, 5.41) is 0. The Bertz CT molecular complexity index is 362. The minimum absolute atomic E-state index is 0.326. The zero-order valence-electron chi connectivity index (χ0n) is 7.39. The molecule has 0 atom stereocenters. The second-order valence-corrected chi connectivity index (χ2v) is 6.02. The molecular formula is C6H5Na2O4P. The Balaban J connectivity index is 3.03. The van der Waals surface area contributed by atoms with E-state index in [2.05, 4.69) is 4.52 Å². The van der Waals surface area contributed by atoms with Gasteiger partial charge in [0.2, 0.25) is 0 Å². The monoisotopic (exact) mass is 218 g/mol. The molecule has 4 nitrogen and oxygen atoms in total. The first-order valence-electron chi connectivity index (χ1n) is 3.71. The van der Waals surface area contributed by atoms with Crippen LogP contribution in [0.15, 0.2) is 18.2 Å². The van der Waals surface area contributed by atoms with E-state index in [0.717, 1.165) is 61.5 Å². The van der Waals surface area contributed by atoms with Gasteiger partial charge in [-0.3, -0.25) is 0 Å². The summed E-state index contributed by atoms with van der Waals surface area (Å²) in [6.45, 7) is 0. The van der Waals surface area contributed by atoms with Gasteiger partial charge in [-0.25, -0.2) is 0 Å². The molecule has 0 aliphatic rings. The molecular weight excluding hydrogens is 213 g/mol. The predicted octanol–water partition coefficient (Wildman–Crippen LogP) is -1.25. The van der Waals surface area contributed by atoms with Gasteiger partial charge in [0.15, 0.2) is 0 Å². The average Bonchev–Trinajstić information content (AvgIpc) is 1.96. The molecule has 0 saturated carbocycles. The van der Waals surface area contributed by atoms with Gasteiger partial charge < -0.3 is 0 Å². The van der Waals surface area contributed by atoms with Crippen LogP contribution in [-0.4, -0.2) is 65.6 Å². The van der Waals surface area contributed by atoms with Crippen LogP contribution in [-0.2, 0) is 4.57 Å². The number of rotatable bonds is 2. The van der Waals surface area contributed by atoms with E-state index in [9.17, 15) is 4.57 Å². The molecule has 0 radical (unpaired) electrons. The molecule has 1 aromatic carbocycles. The van der Waals surface area contributed by atoms with Crippen molar-refractivity contribution in [3.8, 4) is 5.75 Å². The van der Waals surface area contributed by atoms with Crippen LogP contribution in [0.1, 0.15) is 0 Å². The molecule has 0 amide bonds. The molecule has 0 heterocycles. The molecule has 0 saturated heterocycles. The quantitative estimate of drug-likeness (QED) is 0.480. The Morgan fingerprint density at radius 2 is 1.92 bits per heavy atom. The van der Waals surface area contributed by atoms with E-state index < -0.39 is 7.82 Å². The third-order valence-electron chi connectivity index (χ3n) is 1.77. The van der Waals surface area contributed by atoms with Crippen molar-refractivity contribution in [1.29, 1.82) is 0 Å². The van der Waals surface area contributed by atoms with Crippen molar-refractivity contribution in [1.82, 2.24) is 0 Å². The van der Waals surface area contributed by atoms with Crippen LogP contribution in [0.25, 0.3) is 0 Å². The van der Waals surface area contributed by atoms with Crippen molar-refractivity contribution < 1.29 is 18.9 Å². The third kappa shape index (κ3) is 4.04. The Morgan fingerprint density at radius 3 is 2.46 bits per heavy atom. The van der Waals surface area contributed by atoms with Crippen LogP contribution >= 0.6 is 7.82 Å². The SMILES string of the molecule is O=P(O)(O)Oc1ccc[c]([Na])[c]1[Na]. The Kier molecular flexibility index (Phi) is 4.51. The molecule has 0 spiro atoms. The number of phosphoric acid groups is 1. The van der Waals surface area contributed by atoms with Gasteiger partial charge in [0.1, 0.15) is 0 Å². The first kappa shape index (κ1) is 12.2. The number of phosphoric ester groups is 1. The summed E-state index contributed by atoms with van der Waals surface area (Å²) in [6, 6.07) is 5.28. The Labute approximate surface area is 111 Å². The second kappa shape index (κ2) is 4.79. The van der Waals surface area contributed by atoms with Crippen molar-refractivity contribution in [2.24, 2.45) is 0 Å². The van der Waals surface area contributed by atoms with Gasteiger partial charge in [-0.05, 0) is 0 Å². The second-order valence-electron chi connectivity index (χ2n) is 2.78. The average molecular weight is 218 g/mol. The van der Waals surface area contributed by atoms with E-state index in [0.29, 0.717) is 5.75 Å². The van der Waals surface area contributed by atoms with Crippen LogP contribution < -0.4 is 10.1 Å². The summed E-state index contributed by atoms with van der Waals surface area (Å²) in [5.74, 6) is 0.326. The standard InChI is InChI=1S/C6H5O4P.2Na/c7-11(8,9)10-6-4-2-1-3-5-6;;/h1-2,4H,(H2,7,8,9);;. The molecule has 2 N–H and O–H groups in total. The Morgan fingerprint density at radius 1 is 1.31 bits per heavy atom. The fourth-order valence-electron chi connectivity index (χ4n) is 0.951. The summed E-state index contributed by atoms with van der Waals surface area (Å²) in [4.78, 5) is 17.2. The van der Waals surface area contributed by atoms with E-state index in [-0.39, 0.29) is 0 Å².